The van der Waals surface area contributed by atoms with E-state index in [0.29, 0.717) is 16.5 Å². The molecule has 1 aromatic heterocycles. The van der Waals surface area contributed by atoms with E-state index in [1.54, 1.807) is 12.3 Å². The number of benzene rings is 2. The summed E-state index contributed by atoms with van der Waals surface area (Å²) in [4.78, 5) is 26.6. The number of phenols is 2. The van der Waals surface area contributed by atoms with Crippen molar-refractivity contribution in [3.63, 3.8) is 0 Å². The molecule has 7 nitrogen and oxygen atoms in total. The molecule has 2 heterocycles. The fraction of sp³-hybridized carbons (Fsp3) is 0. The number of hydrogen-bond donors (Lipinski definition) is 4. The third kappa shape index (κ3) is 2.29. The third-order valence-corrected chi connectivity index (χ3v) is 3.98. The molecule has 0 saturated heterocycles. The molecule has 0 fully saturated rings. The number of phenolic OH excluding ortho intramolecular Hbond substituents is 2. The Morgan fingerprint density at radius 3 is 2.72 bits per heavy atom. The highest BCUT2D eigenvalue weighted by atomic mass is 16.5. The summed E-state index contributed by atoms with van der Waals surface area (Å²) in [6.07, 6.45) is 3.09. The van der Waals surface area contributed by atoms with E-state index in [4.69, 9.17) is 9.84 Å². The van der Waals surface area contributed by atoms with Crippen LogP contribution >= 0.6 is 0 Å². The van der Waals surface area contributed by atoms with Gasteiger partial charge in [-0.2, -0.15) is 0 Å². The van der Waals surface area contributed by atoms with Gasteiger partial charge in [0.2, 0.25) is 5.78 Å². The van der Waals surface area contributed by atoms with Crippen molar-refractivity contribution in [1.29, 1.82) is 0 Å². The number of H-pyrrole nitrogens is 1. The van der Waals surface area contributed by atoms with Crippen molar-refractivity contribution in [1.82, 2.24) is 4.98 Å². The predicted octanol–water partition coefficient (Wildman–Crippen LogP) is 2.89. The maximum absolute atomic E-state index is 12.4. The van der Waals surface area contributed by atoms with Crippen molar-refractivity contribution in [2.24, 2.45) is 0 Å². The lowest BCUT2D eigenvalue weighted by Crippen LogP contribution is -1.98. The predicted molar refractivity (Wildman–Crippen MR) is 88.0 cm³/mol. The fourth-order valence-corrected chi connectivity index (χ4v) is 2.81. The van der Waals surface area contributed by atoms with E-state index in [1.807, 2.05) is 0 Å². The van der Waals surface area contributed by atoms with Gasteiger partial charge in [-0.25, -0.2) is 4.79 Å². The molecule has 1 aliphatic rings. The maximum atomic E-state index is 12.4. The highest BCUT2D eigenvalue weighted by Gasteiger charge is 2.31. The summed E-state index contributed by atoms with van der Waals surface area (Å²) >= 11 is 0. The van der Waals surface area contributed by atoms with Gasteiger partial charge in [0.15, 0.2) is 5.76 Å². The average Bonchev–Trinajstić information content (AvgIpc) is 3.09. The number of fused-ring (bicyclic) bond motifs is 2. The topological polar surface area (TPSA) is 120 Å². The van der Waals surface area contributed by atoms with Crippen LogP contribution in [0.25, 0.3) is 17.0 Å². The summed E-state index contributed by atoms with van der Waals surface area (Å²) in [6.45, 7) is 0. The summed E-state index contributed by atoms with van der Waals surface area (Å²) in [5.41, 5.74) is 1.38. The van der Waals surface area contributed by atoms with Crippen LogP contribution in [-0.4, -0.2) is 32.1 Å². The number of nitrogens with one attached hydrogen (secondary N) is 1. The minimum absolute atomic E-state index is 0.0184. The molecule has 0 spiro atoms. The number of carbonyl (C=O) groups is 2. The molecule has 124 valence electrons. The molecule has 25 heavy (non-hydrogen) atoms. The highest BCUT2D eigenvalue weighted by Crippen LogP contribution is 2.40. The molecule has 2 aromatic carbocycles. The van der Waals surface area contributed by atoms with Crippen molar-refractivity contribution in [3.8, 4) is 17.2 Å². The summed E-state index contributed by atoms with van der Waals surface area (Å²) < 4.78 is 5.44. The first-order valence-electron chi connectivity index (χ1n) is 7.28. The Kier molecular flexibility index (Phi) is 3.04. The number of ketones is 1. The lowest BCUT2D eigenvalue weighted by molar-refractivity contribution is 0.0697. The number of allylic oxidation sites excluding steroid dienone is 1. The molecule has 4 N–H and O–H groups in total. The first kappa shape index (κ1) is 14.8. The van der Waals surface area contributed by atoms with Gasteiger partial charge in [-0.05, 0) is 24.3 Å². The molecule has 3 aromatic rings. The van der Waals surface area contributed by atoms with Gasteiger partial charge in [0.05, 0.1) is 5.56 Å². The minimum atomic E-state index is -1.05. The zero-order chi connectivity index (χ0) is 17.7. The van der Waals surface area contributed by atoms with Crippen LogP contribution in [0.3, 0.4) is 0 Å². The number of carbonyl (C=O) groups excluding carboxylic acids is 1. The quantitative estimate of drug-likeness (QED) is 0.534. The van der Waals surface area contributed by atoms with Gasteiger partial charge in [0.1, 0.15) is 22.8 Å². The van der Waals surface area contributed by atoms with Gasteiger partial charge in [-0.1, -0.05) is 0 Å². The van der Waals surface area contributed by atoms with Gasteiger partial charge < -0.3 is 25.0 Å². The largest absolute Gasteiger partial charge is 0.508 e. The molecule has 7 heteroatoms. The van der Waals surface area contributed by atoms with Crippen molar-refractivity contribution in [3.05, 3.63) is 59.0 Å². The van der Waals surface area contributed by atoms with E-state index in [0.717, 1.165) is 6.07 Å². The molecule has 0 bridgehead atoms. The number of aromatic hydroxyl groups is 2. The number of aromatic nitrogens is 1. The Bertz CT molecular complexity index is 1090. The second kappa shape index (κ2) is 5.13. The monoisotopic (exact) mass is 337 g/mol. The lowest BCUT2D eigenvalue weighted by atomic mass is 10.1. The van der Waals surface area contributed by atoms with Crippen LogP contribution in [0.15, 0.2) is 42.3 Å². The van der Waals surface area contributed by atoms with Gasteiger partial charge >= 0.3 is 5.97 Å². The summed E-state index contributed by atoms with van der Waals surface area (Å²) in [7, 11) is 0. The van der Waals surface area contributed by atoms with Crippen molar-refractivity contribution < 1.29 is 29.6 Å². The number of aromatic carboxylic acids is 1. The Morgan fingerprint density at radius 2 is 1.96 bits per heavy atom. The van der Waals surface area contributed by atoms with Crippen LogP contribution in [0.5, 0.6) is 17.2 Å². The van der Waals surface area contributed by atoms with Crippen molar-refractivity contribution in [2.45, 2.75) is 0 Å². The molecule has 1 aliphatic heterocycles. The Morgan fingerprint density at radius 1 is 1.16 bits per heavy atom. The van der Waals surface area contributed by atoms with Crippen LogP contribution in [0.4, 0.5) is 0 Å². The maximum Gasteiger partial charge on any atom is 0.335 e. The van der Waals surface area contributed by atoms with Crippen LogP contribution in [0, 0.1) is 0 Å². The molecule has 0 radical (unpaired) electrons. The second-order valence-electron chi connectivity index (χ2n) is 5.59. The Labute approximate surface area is 140 Å². The van der Waals surface area contributed by atoms with Crippen LogP contribution < -0.4 is 4.74 Å². The molecule has 0 amide bonds. The van der Waals surface area contributed by atoms with Crippen LogP contribution in [-0.2, 0) is 0 Å². The number of Topliss-reactive ketones (excluding diaryl/α,β-unsaturated/α-hetero) is 1. The number of hydrogen-bond acceptors (Lipinski definition) is 5. The lowest BCUT2D eigenvalue weighted by Gasteiger charge is -2.00. The van der Waals surface area contributed by atoms with Crippen molar-refractivity contribution in [2.75, 3.05) is 0 Å². The first-order valence-corrected chi connectivity index (χ1v) is 7.28. The zero-order valence-corrected chi connectivity index (χ0v) is 12.6. The van der Waals surface area contributed by atoms with E-state index in [2.05, 4.69) is 4.98 Å². The summed E-state index contributed by atoms with van der Waals surface area (Å²) in [5, 5.41) is 29.1. The molecule has 4 rings (SSSR count). The summed E-state index contributed by atoms with van der Waals surface area (Å²) in [5.74, 6) is -2.12. The number of aromatic amines is 1. The smallest absolute Gasteiger partial charge is 0.335 e. The molecular formula is C18H11NO6. The average molecular weight is 337 g/mol. The van der Waals surface area contributed by atoms with E-state index in [1.165, 1.54) is 24.3 Å². The number of carboxylic acid groups (broad SMARTS) is 1. The van der Waals surface area contributed by atoms with E-state index in [9.17, 15) is 19.8 Å². The van der Waals surface area contributed by atoms with Crippen LogP contribution in [0.1, 0.15) is 26.3 Å². The number of rotatable bonds is 2. The molecule has 0 aliphatic carbocycles. The highest BCUT2D eigenvalue weighted by molar-refractivity contribution is 6.16. The molecular weight excluding hydrogens is 326 g/mol. The molecule has 0 atom stereocenters. The van der Waals surface area contributed by atoms with E-state index < -0.39 is 11.8 Å². The Balaban J connectivity index is 1.81. The van der Waals surface area contributed by atoms with Gasteiger partial charge in [-0.3, -0.25) is 4.79 Å². The SMILES string of the molecule is O=C(O)c1ccc2[nH]cc(/C=C3/Oc4cc(O)cc(O)c4C3=O)c2c1. The first-order chi connectivity index (χ1) is 11.9. The third-order valence-electron chi connectivity index (χ3n) is 3.98. The fourth-order valence-electron chi connectivity index (χ4n) is 2.81. The van der Waals surface area contributed by atoms with E-state index in [-0.39, 0.29) is 34.1 Å². The van der Waals surface area contributed by atoms with Gasteiger partial charge in [-0.15, -0.1) is 0 Å². The van der Waals surface area contributed by atoms with Gasteiger partial charge in [0, 0.05) is 34.8 Å². The zero-order valence-electron chi connectivity index (χ0n) is 12.6. The van der Waals surface area contributed by atoms with Crippen LogP contribution in [0.2, 0.25) is 0 Å². The molecule has 0 saturated carbocycles. The van der Waals surface area contributed by atoms with Gasteiger partial charge in [0.25, 0.3) is 0 Å². The Hall–Kier alpha value is -3.74. The standard InChI is InChI=1S/C18H11NO6/c20-10-5-13(21)16-14(6-10)25-15(17(16)22)4-9-7-19-12-2-1-8(18(23)24)3-11(9)12/h1-7,19-21H,(H,23,24)/b15-4+. The number of ether oxygens (including phenoxy) is 1. The van der Waals surface area contributed by atoms with Crippen molar-refractivity contribution >= 4 is 28.7 Å². The van der Waals surface area contributed by atoms with E-state index >= 15 is 0 Å². The second-order valence-corrected chi connectivity index (χ2v) is 5.59. The number of carboxylic acids is 1. The molecule has 0 unspecified atom stereocenters. The summed E-state index contributed by atoms with van der Waals surface area (Å²) in [6, 6.07) is 6.92. The normalized spacial score (nSPS) is 14.7. The minimum Gasteiger partial charge on any atom is -0.508 e.